The lowest BCUT2D eigenvalue weighted by Gasteiger charge is -2.16. The van der Waals surface area contributed by atoms with Crippen molar-refractivity contribution in [3.8, 4) is 0 Å². The zero-order valence-corrected chi connectivity index (χ0v) is 14.3. The van der Waals surface area contributed by atoms with Gasteiger partial charge in [0, 0.05) is 18.7 Å². The zero-order valence-electron chi connectivity index (χ0n) is 14.3. The van der Waals surface area contributed by atoms with E-state index in [1.165, 1.54) is 17.4 Å². The van der Waals surface area contributed by atoms with E-state index in [9.17, 15) is 27.9 Å². The highest BCUT2D eigenvalue weighted by Crippen LogP contribution is 2.29. The van der Waals surface area contributed by atoms with Crippen molar-refractivity contribution in [1.82, 2.24) is 10.2 Å². The predicted octanol–water partition coefficient (Wildman–Crippen LogP) is 2.44. The number of halogens is 3. The van der Waals surface area contributed by atoms with Crippen molar-refractivity contribution in [3.63, 3.8) is 0 Å². The number of alkyl halides is 3. The van der Waals surface area contributed by atoms with Gasteiger partial charge in [-0.15, -0.1) is 0 Å². The summed E-state index contributed by atoms with van der Waals surface area (Å²) in [6, 6.07) is 3.98. The molecule has 0 aromatic heterocycles. The third kappa shape index (κ3) is 6.74. The number of hydrogen-bond acceptors (Lipinski definition) is 3. The topological polar surface area (TPSA) is 69.6 Å². The Bertz CT molecular complexity index is 591. The molecule has 1 aromatic rings. The summed E-state index contributed by atoms with van der Waals surface area (Å²) in [5.41, 5.74) is -1.08. The molecular formula is C17H23F3N2O3. The first-order valence-electron chi connectivity index (χ1n) is 8.10. The molecule has 1 fully saturated rings. The van der Waals surface area contributed by atoms with Gasteiger partial charge in [0.2, 0.25) is 5.91 Å². The summed E-state index contributed by atoms with van der Waals surface area (Å²) in [7, 11) is 0. The first-order valence-corrected chi connectivity index (χ1v) is 8.10. The lowest BCUT2D eigenvalue weighted by Crippen LogP contribution is -2.39. The quantitative estimate of drug-likeness (QED) is 0.870. The van der Waals surface area contributed by atoms with E-state index in [2.05, 4.69) is 19.2 Å². The van der Waals surface area contributed by atoms with Crippen LogP contribution < -0.4 is 5.32 Å². The normalized spacial score (nSPS) is 16.9. The van der Waals surface area contributed by atoms with Gasteiger partial charge < -0.3 is 15.3 Å². The molecule has 0 saturated carbocycles. The molecule has 0 spiro atoms. The van der Waals surface area contributed by atoms with E-state index in [0.717, 1.165) is 18.2 Å². The second-order valence-electron chi connectivity index (χ2n) is 5.75. The Kier molecular flexibility index (Phi) is 7.89. The molecule has 140 valence electrons. The number of likely N-dealkylation sites (tertiary alicyclic amines) is 1. The summed E-state index contributed by atoms with van der Waals surface area (Å²) in [6.45, 7) is 4.54. The Morgan fingerprint density at radius 2 is 1.96 bits per heavy atom. The molecule has 0 aliphatic carbocycles. The van der Waals surface area contributed by atoms with Crippen LogP contribution in [0.1, 0.15) is 42.6 Å². The summed E-state index contributed by atoms with van der Waals surface area (Å²) in [4.78, 5) is 25.0. The van der Waals surface area contributed by atoms with Gasteiger partial charge in [-0.3, -0.25) is 9.59 Å². The van der Waals surface area contributed by atoms with Crippen LogP contribution in [-0.4, -0.2) is 47.6 Å². The lowest BCUT2D eigenvalue weighted by atomic mass is 10.1. The number of rotatable bonds is 3. The fraction of sp³-hybridized carbons (Fsp3) is 0.529. The molecule has 2 amide bonds. The van der Waals surface area contributed by atoms with Crippen LogP contribution in [0.3, 0.4) is 0 Å². The van der Waals surface area contributed by atoms with Crippen molar-refractivity contribution in [2.45, 2.75) is 39.0 Å². The van der Waals surface area contributed by atoms with Crippen LogP contribution in [-0.2, 0) is 11.0 Å². The smallest absolute Gasteiger partial charge is 0.391 e. The van der Waals surface area contributed by atoms with Crippen LogP contribution >= 0.6 is 0 Å². The highest BCUT2D eigenvalue weighted by atomic mass is 19.4. The van der Waals surface area contributed by atoms with Gasteiger partial charge >= 0.3 is 6.18 Å². The third-order valence-corrected chi connectivity index (χ3v) is 3.37. The van der Waals surface area contributed by atoms with E-state index in [1.807, 2.05) is 0 Å². The van der Waals surface area contributed by atoms with Crippen LogP contribution in [0.25, 0.3) is 0 Å². The van der Waals surface area contributed by atoms with Gasteiger partial charge in [-0.2, -0.15) is 13.2 Å². The number of nitrogens with one attached hydrogen (secondary N) is 1. The Morgan fingerprint density at radius 3 is 2.48 bits per heavy atom. The molecule has 2 N–H and O–H groups in total. The molecule has 25 heavy (non-hydrogen) atoms. The first-order chi connectivity index (χ1) is 11.7. The number of aliphatic hydroxyl groups excluding tert-OH is 1. The minimum atomic E-state index is -4.53. The van der Waals surface area contributed by atoms with Gasteiger partial charge in [-0.25, -0.2) is 0 Å². The number of carbonyl (C=O) groups excluding carboxylic acids is 2. The lowest BCUT2D eigenvalue weighted by molar-refractivity contribution is -0.137. The minimum absolute atomic E-state index is 0.163. The maximum absolute atomic E-state index is 12.6. The summed E-state index contributed by atoms with van der Waals surface area (Å²) >= 11 is 0. The van der Waals surface area contributed by atoms with E-state index < -0.39 is 23.8 Å². The minimum Gasteiger partial charge on any atom is -0.391 e. The Morgan fingerprint density at radius 1 is 1.32 bits per heavy atom. The van der Waals surface area contributed by atoms with Gasteiger partial charge in [0.1, 0.15) is 0 Å². The van der Waals surface area contributed by atoms with Gasteiger partial charge in [-0.1, -0.05) is 26.3 Å². The van der Waals surface area contributed by atoms with Crippen molar-refractivity contribution in [2.75, 3.05) is 19.6 Å². The van der Waals surface area contributed by atoms with Crippen molar-refractivity contribution in [3.05, 3.63) is 35.4 Å². The predicted molar refractivity (Wildman–Crippen MR) is 86.9 cm³/mol. The second kappa shape index (κ2) is 9.41. The summed E-state index contributed by atoms with van der Waals surface area (Å²) in [5.74, 6) is -1.13. The maximum atomic E-state index is 12.6. The molecule has 8 heteroatoms. The molecule has 1 saturated heterocycles. The monoisotopic (exact) mass is 360 g/mol. The summed E-state index contributed by atoms with van der Waals surface area (Å²) in [5, 5.41) is 11.6. The SMILES string of the molecule is CCC.O=C(NCC(=O)N1CCC(O)C1)c1cccc(C(F)(F)F)c1. The fourth-order valence-corrected chi connectivity index (χ4v) is 2.17. The molecule has 1 heterocycles. The molecule has 1 unspecified atom stereocenters. The van der Waals surface area contributed by atoms with Crippen molar-refractivity contribution >= 4 is 11.8 Å². The van der Waals surface area contributed by atoms with Crippen LogP contribution in [0.15, 0.2) is 24.3 Å². The van der Waals surface area contributed by atoms with Gasteiger partial charge in [0.05, 0.1) is 18.2 Å². The first kappa shape index (κ1) is 21.0. The molecule has 1 aliphatic heterocycles. The number of carbonyl (C=O) groups is 2. The van der Waals surface area contributed by atoms with E-state index in [4.69, 9.17) is 0 Å². The number of aliphatic hydroxyl groups is 1. The standard InChI is InChI=1S/C14H15F3N2O3.C3H8/c15-14(16,17)10-3-1-2-9(6-10)13(22)18-7-12(21)19-5-4-11(20)8-19;1-3-2/h1-3,6,11,20H,4-5,7-8H2,(H,18,22);3H2,1-2H3. The van der Waals surface area contributed by atoms with Gasteiger partial charge in [-0.05, 0) is 24.6 Å². The number of benzene rings is 1. The van der Waals surface area contributed by atoms with Crippen LogP contribution in [0, 0.1) is 0 Å². The molecule has 1 atom stereocenters. The highest BCUT2D eigenvalue weighted by molar-refractivity contribution is 5.96. The summed E-state index contributed by atoms with van der Waals surface area (Å²) in [6.07, 6.45) is -3.37. The Balaban J connectivity index is 0.000000970. The number of β-amino-alcohol motifs (C(OH)–C–C–N with tert-alkyl or cyclic N) is 1. The molecular weight excluding hydrogens is 337 g/mol. The van der Waals surface area contributed by atoms with Crippen LogP contribution in [0.2, 0.25) is 0 Å². The number of amides is 2. The highest BCUT2D eigenvalue weighted by Gasteiger charge is 2.31. The third-order valence-electron chi connectivity index (χ3n) is 3.37. The van der Waals surface area contributed by atoms with E-state index in [-0.39, 0.29) is 24.6 Å². The zero-order chi connectivity index (χ0) is 19.0. The largest absolute Gasteiger partial charge is 0.416 e. The van der Waals surface area contributed by atoms with Gasteiger partial charge in [0.25, 0.3) is 5.91 Å². The molecule has 1 aromatic carbocycles. The van der Waals surface area contributed by atoms with Crippen molar-refractivity contribution in [2.24, 2.45) is 0 Å². The molecule has 2 rings (SSSR count). The molecule has 1 aliphatic rings. The van der Waals surface area contributed by atoms with Crippen LogP contribution in [0.5, 0.6) is 0 Å². The Labute approximate surface area is 144 Å². The average molecular weight is 360 g/mol. The molecule has 0 radical (unpaired) electrons. The molecule has 5 nitrogen and oxygen atoms in total. The molecule has 0 bridgehead atoms. The van der Waals surface area contributed by atoms with E-state index in [1.54, 1.807) is 0 Å². The maximum Gasteiger partial charge on any atom is 0.416 e. The Hall–Kier alpha value is -2.09. The van der Waals surface area contributed by atoms with E-state index >= 15 is 0 Å². The summed E-state index contributed by atoms with van der Waals surface area (Å²) < 4.78 is 37.7. The van der Waals surface area contributed by atoms with Crippen molar-refractivity contribution < 1.29 is 27.9 Å². The number of hydrogen-bond donors (Lipinski definition) is 2. The van der Waals surface area contributed by atoms with E-state index in [0.29, 0.717) is 13.0 Å². The fourth-order valence-electron chi connectivity index (χ4n) is 2.17. The average Bonchev–Trinajstić information content (AvgIpc) is 2.99. The second-order valence-corrected chi connectivity index (χ2v) is 5.75. The number of nitrogens with zero attached hydrogens (tertiary/aromatic N) is 1. The van der Waals surface area contributed by atoms with Crippen molar-refractivity contribution in [1.29, 1.82) is 0 Å². The van der Waals surface area contributed by atoms with Gasteiger partial charge in [0.15, 0.2) is 0 Å². The van der Waals surface area contributed by atoms with Crippen LogP contribution in [0.4, 0.5) is 13.2 Å².